The molecule has 0 spiro atoms. The lowest BCUT2D eigenvalue weighted by Gasteiger charge is -2.20. The van der Waals surface area contributed by atoms with E-state index in [1.54, 1.807) is 11.3 Å². The van der Waals surface area contributed by atoms with Gasteiger partial charge in [-0.1, -0.05) is 24.2 Å². The highest BCUT2D eigenvalue weighted by Gasteiger charge is 2.42. The van der Waals surface area contributed by atoms with Gasteiger partial charge in [-0.3, -0.25) is 0 Å². The molecular weight excluding hydrogens is 258 g/mol. The number of hydrogen-bond donors (Lipinski definition) is 1. The molecule has 0 aromatic carbocycles. The van der Waals surface area contributed by atoms with Gasteiger partial charge in [-0.15, -0.1) is 10.2 Å². The van der Waals surface area contributed by atoms with Crippen molar-refractivity contribution in [1.82, 2.24) is 19.8 Å². The molecule has 0 bridgehead atoms. The number of aromatic nitrogens is 4. The maximum absolute atomic E-state index is 6.46. The normalized spacial score (nSPS) is 24.1. The smallest absolute Gasteiger partial charge is 0.234 e. The predicted octanol–water partition coefficient (Wildman–Crippen LogP) is 2.43. The summed E-state index contributed by atoms with van der Waals surface area (Å²) < 4.78 is 1.95. The van der Waals surface area contributed by atoms with E-state index in [0.29, 0.717) is 11.8 Å². The van der Waals surface area contributed by atoms with Crippen LogP contribution in [0.1, 0.15) is 62.2 Å². The van der Waals surface area contributed by atoms with Crippen LogP contribution in [0.2, 0.25) is 0 Å². The Kier molecular flexibility index (Phi) is 2.48. The van der Waals surface area contributed by atoms with Crippen molar-refractivity contribution in [2.45, 2.75) is 56.9 Å². The van der Waals surface area contributed by atoms with E-state index in [1.165, 1.54) is 38.5 Å². The highest BCUT2D eigenvalue weighted by atomic mass is 32.1. The van der Waals surface area contributed by atoms with Crippen LogP contribution < -0.4 is 5.73 Å². The number of nitrogens with two attached hydrogens (primary N) is 1. The summed E-state index contributed by atoms with van der Waals surface area (Å²) in [6.07, 6.45) is 7.48. The second kappa shape index (κ2) is 3.99. The molecule has 4 rings (SSSR count). The van der Waals surface area contributed by atoms with Crippen LogP contribution in [0.5, 0.6) is 0 Å². The summed E-state index contributed by atoms with van der Waals surface area (Å²) >= 11 is 1.61. The average Bonchev–Trinajstić information content (AvgIpc) is 2.82. The molecule has 102 valence electrons. The second-order valence-corrected chi connectivity index (χ2v) is 7.15. The first-order valence-electron chi connectivity index (χ1n) is 7.18. The Morgan fingerprint density at radius 1 is 1.21 bits per heavy atom. The van der Waals surface area contributed by atoms with E-state index < -0.39 is 0 Å². The van der Waals surface area contributed by atoms with Gasteiger partial charge in [0.25, 0.3) is 0 Å². The van der Waals surface area contributed by atoms with E-state index in [2.05, 4.69) is 17.1 Å². The van der Waals surface area contributed by atoms with Crippen molar-refractivity contribution >= 4 is 16.3 Å². The number of fused-ring (bicyclic) bond motifs is 1. The third-order valence-electron chi connectivity index (χ3n) is 4.62. The fraction of sp³-hybridized carbons (Fsp3) is 0.769. The van der Waals surface area contributed by atoms with Gasteiger partial charge in [-0.25, -0.2) is 0 Å². The van der Waals surface area contributed by atoms with Crippen LogP contribution in [0.15, 0.2) is 0 Å². The maximum Gasteiger partial charge on any atom is 0.234 e. The lowest BCUT2D eigenvalue weighted by atomic mass is 9.99. The summed E-state index contributed by atoms with van der Waals surface area (Å²) in [6, 6.07) is 0. The third kappa shape index (κ3) is 1.80. The summed E-state index contributed by atoms with van der Waals surface area (Å²) in [4.78, 5) is 0.897. The fourth-order valence-electron chi connectivity index (χ4n) is 3.15. The number of nitrogens with zero attached hydrogens (tertiary/aromatic N) is 4. The molecule has 5 nitrogen and oxygen atoms in total. The predicted molar refractivity (Wildman–Crippen MR) is 74.1 cm³/mol. The Hall–Kier alpha value is -1.01. The summed E-state index contributed by atoms with van der Waals surface area (Å²) in [6.45, 7) is 2.10. The van der Waals surface area contributed by atoms with E-state index in [4.69, 9.17) is 10.8 Å². The van der Waals surface area contributed by atoms with Crippen molar-refractivity contribution in [2.75, 3.05) is 0 Å². The van der Waals surface area contributed by atoms with Crippen LogP contribution in [0.3, 0.4) is 0 Å². The van der Waals surface area contributed by atoms with Gasteiger partial charge in [0.05, 0.1) is 5.54 Å². The summed E-state index contributed by atoms with van der Waals surface area (Å²) in [5, 5.41) is 14.4. The third-order valence-corrected chi connectivity index (χ3v) is 5.77. The minimum atomic E-state index is -0.293. The standard InChI is InChI=1S/C13H19N5S/c1-13(14,9-6-7-9)11-17-18-10(8-4-2-3-5-8)15-16-12(18)19-11/h8-9H,2-7,14H2,1H3. The summed E-state index contributed by atoms with van der Waals surface area (Å²) in [5.41, 5.74) is 6.16. The topological polar surface area (TPSA) is 69.1 Å². The molecule has 2 aromatic heterocycles. The van der Waals surface area contributed by atoms with Gasteiger partial charge in [0.1, 0.15) is 5.01 Å². The zero-order valence-corrected chi connectivity index (χ0v) is 12.0. The lowest BCUT2D eigenvalue weighted by molar-refractivity contribution is 0.419. The number of rotatable bonds is 3. The largest absolute Gasteiger partial charge is 0.319 e. The van der Waals surface area contributed by atoms with Crippen LogP contribution in [0.4, 0.5) is 0 Å². The van der Waals surface area contributed by atoms with Gasteiger partial charge in [-0.05, 0) is 38.5 Å². The molecule has 2 aliphatic rings. The van der Waals surface area contributed by atoms with Crippen LogP contribution >= 0.6 is 11.3 Å². The highest BCUT2D eigenvalue weighted by molar-refractivity contribution is 7.16. The minimum Gasteiger partial charge on any atom is -0.319 e. The lowest BCUT2D eigenvalue weighted by Crippen LogP contribution is -2.35. The zero-order valence-electron chi connectivity index (χ0n) is 11.2. The van der Waals surface area contributed by atoms with Gasteiger partial charge in [-0.2, -0.15) is 9.61 Å². The Labute approximate surface area is 116 Å². The average molecular weight is 277 g/mol. The number of hydrogen-bond acceptors (Lipinski definition) is 5. The molecule has 1 unspecified atom stereocenters. The molecule has 2 heterocycles. The first-order chi connectivity index (χ1) is 9.16. The highest BCUT2D eigenvalue weighted by Crippen LogP contribution is 2.45. The molecule has 0 radical (unpaired) electrons. The quantitative estimate of drug-likeness (QED) is 0.935. The Balaban J connectivity index is 1.75. The van der Waals surface area contributed by atoms with Gasteiger partial charge >= 0.3 is 0 Å². The van der Waals surface area contributed by atoms with Crippen LogP contribution in [0.25, 0.3) is 4.96 Å². The second-order valence-electron chi connectivity index (χ2n) is 6.20. The minimum absolute atomic E-state index is 0.293. The Morgan fingerprint density at radius 2 is 1.95 bits per heavy atom. The first-order valence-corrected chi connectivity index (χ1v) is 7.99. The molecule has 2 aliphatic carbocycles. The van der Waals surface area contributed by atoms with Crippen molar-refractivity contribution in [3.05, 3.63) is 10.8 Å². The van der Waals surface area contributed by atoms with Gasteiger partial charge in [0.2, 0.25) is 4.96 Å². The van der Waals surface area contributed by atoms with Crippen molar-refractivity contribution < 1.29 is 0 Å². The summed E-state index contributed by atoms with van der Waals surface area (Å²) in [7, 11) is 0. The van der Waals surface area contributed by atoms with Gasteiger partial charge in [0, 0.05) is 5.92 Å². The van der Waals surface area contributed by atoms with Crippen molar-refractivity contribution in [3.8, 4) is 0 Å². The molecule has 2 N–H and O–H groups in total. The summed E-state index contributed by atoms with van der Waals surface area (Å²) in [5.74, 6) is 2.17. The molecule has 2 saturated carbocycles. The van der Waals surface area contributed by atoms with E-state index in [0.717, 1.165) is 15.8 Å². The molecule has 0 saturated heterocycles. The van der Waals surface area contributed by atoms with Crippen LogP contribution in [-0.2, 0) is 5.54 Å². The Morgan fingerprint density at radius 3 is 2.63 bits per heavy atom. The molecule has 1 atom stereocenters. The molecule has 19 heavy (non-hydrogen) atoms. The van der Waals surface area contributed by atoms with Crippen molar-refractivity contribution in [3.63, 3.8) is 0 Å². The molecular formula is C13H19N5S. The monoisotopic (exact) mass is 277 g/mol. The van der Waals surface area contributed by atoms with Gasteiger partial charge < -0.3 is 5.73 Å². The molecule has 2 aromatic rings. The van der Waals surface area contributed by atoms with Crippen LogP contribution in [-0.4, -0.2) is 19.8 Å². The molecule has 6 heteroatoms. The van der Waals surface area contributed by atoms with E-state index in [-0.39, 0.29) is 5.54 Å². The Bertz CT molecular complexity index is 604. The van der Waals surface area contributed by atoms with E-state index in [1.807, 2.05) is 4.52 Å². The molecule has 2 fully saturated rings. The van der Waals surface area contributed by atoms with Gasteiger partial charge in [0.15, 0.2) is 5.82 Å². The maximum atomic E-state index is 6.46. The SMILES string of the molecule is CC(N)(c1nn2c(C3CCCC3)nnc2s1)C1CC1. The van der Waals surface area contributed by atoms with E-state index >= 15 is 0 Å². The van der Waals surface area contributed by atoms with Crippen molar-refractivity contribution in [2.24, 2.45) is 11.7 Å². The first kappa shape index (κ1) is 11.8. The van der Waals surface area contributed by atoms with Crippen molar-refractivity contribution in [1.29, 1.82) is 0 Å². The molecule has 0 aliphatic heterocycles. The van der Waals surface area contributed by atoms with E-state index in [9.17, 15) is 0 Å². The fourth-order valence-corrected chi connectivity index (χ4v) is 4.13. The zero-order chi connectivity index (χ0) is 13.0. The molecule has 0 amide bonds. The van der Waals surface area contributed by atoms with Crippen LogP contribution in [0, 0.1) is 5.92 Å².